The molecule has 5 rings (SSSR count). The molecule has 6 heteroatoms. The monoisotopic (exact) mass is 488 g/mol. The standard InChI is InChI=1S/C28H28N2O2S2/c31-25-15-14-24(27(32)29-23-13-7-12-22(18-23)28-33-16-17-34-28)26(21-10-5-2-6-11-21)30(25)19-20-8-3-1-4-9-20/h1-13,18,24,26,28H,14-17,19H2,(H,29,32). The Morgan fingerprint density at radius 2 is 1.56 bits per heavy atom. The molecule has 0 saturated carbocycles. The van der Waals surface area contributed by atoms with Gasteiger partial charge in [-0.05, 0) is 35.2 Å². The molecule has 174 valence electrons. The highest BCUT2D eigenvalue weighted by atomic mass is 32.2. The molecule has 2 aliphatic heterocycles. The second-order valence-electron chi connectivity index (χ2n) is 8.70. The van der Waals surface area contributed by atoms with Crippen molar-refractivity contribution in [1.29, 1.82) is 0 Å². The first-order chi connectivity index (χ1) is 16.7. The van der Waals surface area contributed by atoms with Crippen LogP contribution in [0.25, 0.3) is 0 Å². The van der Waals surface area contributed by atoms with Gasteiger partial charge in [-0.2, -0.15) is 0 Å². The second kappa shape index (κ2) is 10.7. The van der Waals surface area contributed by atoms with Crippen molar-refractivity contribution >= 4 is 41.0 Å². The van der Waals surface area contributed by atoms with Gasteiger partial charge in [-0.15, -0.1) is 23.5 Å². The number of hydrogen-bond donors (Lipinski definition) is 1. The van der Waals surface area contributed by atoms with Crippen molar-refractivity contribution in [2.45, 2.75) is 30.0 Å². The van der Waals surface area contributed by atoms with Gasteiger partial charge >= 0.3 is 0 Å². The fourth-order valence-electron chi connectivity index (χ4n) is 4.81. The number of nitrogens with one attached hydrogen (secondary N) is 1. The van der Waals surface area contributed by atoms with Gasteiger partial charge in [0.2, 0.25) is 11.8 Å². The Morgan fingerprint density at radius 3 is 2.29 bits per heavy atom. The van der Waals surface area contributed by atoms with Crippen LogP contribution in [-0.2, 0) is 16.1 Å². The van der Waals surface area contributed by atoms with E-state index in [2.05, 4.69) is 17.4 Å². The van der Waals surface area contributed by atoms with Gasteiger partial charge in [0.1, 0.15) is 0 Å². The SMILES string of the molecule is O=C(Nc1cccc(C2SCCS2)c1)C1CCC(=O)N(Cc2ccccc2)C1c1ccccc1. The number of benzene rings is 3. The molecule has 0 radical (unpaired) electrons. The number of hydrogen-bond acceptors (Lipinski definition) is 4. The lowest BCUT2D eigenvalue weighted by Crippen LogP contribution is -2.46. The number of carbonyl (C=O) groups is 2. The summed E-state index contributed by atoms with van der Waals surface area (Å²) in [7, 11) is 0. The number of piperidine rings is 1. The Bertz CT molecular complexity index is 1130. The predicted octanol–water partition coefficient (Wildman–Crippen LogP) is 6.28. The minimum absolute atomic E-state index is 0.0247. The molecule has 3 aromatic rings. The summed E-state index contributed by atoms with van der Waals surface area (Å²) in [5.41, 5.74) is 4.14. The van der Waals surface area contributed by atoms with Crippen LogP contribution in [0.15, 0.2) is 84.9 Å². The van der Waals surface area contributed by atoms with E-state index in [-0.39, 0.29) is 23.8 Å². The highest BCUT2D eigenvalue weighted by Crippen LogP contribution is 2.45. The number of amides is 2. The van der Waals surface area contributed by atoms with E-state index < -0.39 is 0 Å². The Balaban J connectivity index is 1.41. The minimum atomic E-state index is -0.317. The second-order valence-corrected chi connectivity index (χ2v) is 11.4. The summed E-state index contributed by atoms with van der Waals surface area (Å²) in [6, 6.07) is 27.9. The fourth-order valence-corrected chi connectivity index (χ4v) is 7.64. The molecule has 0 bridgehead atoms. The van der Waals surface area contributed by atoms with Crippen LogP contribution in [0, 0.1) is 5.92 Å². The summed E-state index contributed by atoms with van der Waals surface area (Å²) in [5, 5.41) is 3.18. The Kier molecular flexibility index (Phi) is 7.26. The van der Waals surface area contributed by atoms with Crippen LogP contribution in [0.2, 0.25) is 0 Å². The predicted molar refractivity (Wildman–Crippen MR) is 142 cm³/mol. The lowest BCUT2D eigenvalue weighted by atomic mass is 9.83. The maximum Gasteiger partial charge on any atom is 0.229 e. The molecule has 2 heterocycles. The molecule has 34 heavy (non-hydrogen) atoms. The molecule has 0 aliphatic carbocycles. The van der Waals surface area contributed by atoms with Gasteiger partial charge in [0.05, 0.1) is 16.5 Å². The molecule has 2 amide bonds. The largest absolute Gasteiger partial charge is 0.331 e. The van der Waals surface area contributed by atoms with Gasteiger partial charge < -0.3 is 10.2 Å². The molecular weight excluding hydrogens is 460 g/mol. The summed E-state index contributed by atoms with van der Waals surface area (Å²) in [6.45, 7) is 0.495. The normalized spacial score (nSPS) is 20.9. The van der Waals surface area contributed by atoms with Crippen LogP contribution in [0.5, 0.6) is 0 Å². The van der Waals surface area contributed by atoms with Crippen LogP contribution < -0.4 is 5.32 Å². The van der Waals surface area contributed by atoms with Gasteiger partial charge in [0.15, 0.2) is 0 Å². The van der Waals surface area contributed by atoms with Gasteiger partial charge in [-0.1, -0.05) is 72.8 Å². The molecule has 0 aromatic heterocycles. The number of rotatable bonds is 6. The quantitative estimate of drug-likeness (QED) is 0.443. The van der Waals surface area contributed by atoms with Gasteiger partial charge in [-0.25, -0.2) is 0 Å². The van der Waals surface area contributed by atoms with Gasteiger partial charge in [0.25, 0.3) is 0 Å². The number of nitrogens with zero attached hydrogens (tertiary/aromatic N) is 1. The lowest BCUT2D eigenvalue weighted by molar-refractivity contribution is -0.142. The molecule has 0 spiro atoms. The Labute approximate surface area is 209 Å². The van der Waals surface area contributed by atoms with Crippen LogP contribution in [0.1, 0.15) is 40.2 Å². The highest BCUT2D eigenvalue weighted by molar-refractivity contribution is 8.19. The maximum atomic E-state index is 13.6. The van der Waals surface area contributed by atoms with Crippen LogP contribution in [0.4, 0.5) is 5.69 Å². The number of anilines is 1. The van der Waals surface area contributed by atoms with Crippen molar-refractivity contribution in [2.75, 3.05) is 16.8 Å². The molecule has 2 fully saturated rings. The van der Waals surface area contributed by atoms with E-state index in [1.165, 1.54) is 5.56 Å². The summed E-state index contributed by atoms with van der Waals surface area (Å²) in [6.07, 6.45) is 0.924. The molecule has 4 nitrogen and oxygen atoms in total. The summed E-state index contributed by atoms with van der Waals surface area (Å²) in [5.74, 6) is 2.08. The summed E-state index contributed by atoms with van der Waals surface area (Å²) >= 11 is 3.91. The summed E-state index contributed by atoms with van der Waals surface area (Å²) in [4.78, 5) is 28.6. The lowest BCUT2D eigenvalue weighted by Gasteiger charge is -2.41. The van der Waals surface area contributed by atoms with E-state index in [1.54, 1.807) is 0 Å². The first-order valence-electron chi connectivity index (χ1n) is 11.7. The van der Waals surface area contributed by atoms with Gasteiger partial charge in [0, 0.05) is 30.2 Å². The molecule has 2 atom stereocenters. The smallest absolute Gasteiger partial charge is 0.229 e. The average Bonchev–Trinajstić information content (AvgIpc) is 3.42. The van der Waals surface area contributed by atoms with Crippen LogP contribution in [0.3, 0.4) is 0 Å². The first-order valence-corrected chi connectivity index (χ1v) is 13.8. The zero-order valence-corrected chi connectivity index (χ0v) is 20.6. The summed E-state index contributed by atoms with van der Waals surface area (Å²) < 4.78 is 0.433. The van der Waals surface area contributed by atoms with Crippen molar-refractivity contribution in [3.63, 3.8) is 0 Å². The van der Waals surface area contributed by atoms with E-state index >= 15 is 0 Å². The molecule has 1 N–H and O–H groups in total. The number of thioether (sulfide) groups is 2. The van der Waals surface area contributed by atoms with Crippen molar-refractivity contribution in [2.24, 2.45) is 5.92 Å². The molecule has 3 aromatic carbocycles. The zero-order chi connectivity index (χ0) is 23.3. The minimum Gasteiger partial charge on any atom is -0.331 e. The van der Waals surface area contributed by atoms with E-state index in [9.17, 15) is 9.59 Å². The molecule has 2 aliphatic rings. The third kappa shape index (κ3) is 5.18. The molecule has 2 unspecified atom stereocenters. The molecule has 2 saturated heterocycles. The Morgan fingerprint density at radius 1 is 0.882 bits per heavy atom. The Hall–Kier alpha value is -2.70. The zero-order valence-electron chi connectivity index (χ0n) is 18.9. The fraction of sp³-hybridized carbons (Fsp3) is 0.286. The average molecular weight is 489 g/mol. The van der Waals surface area contributed by atoms with Crippen molar-refractivity contribution < 1.29 is 9.59 Å². The van der Waals surface area contributed by atoms with Crippen molar-refractivity contribution in [3.05, 3.63) is 102 Å². The highest BCUT2D eigenvalue weighted by Gasteiger charge is 2.40. The van der Waals surface area contributed by atoms with E-state index in [4.69, 9.17) is 0 Å². The van der Waals surface area contributed by atoms with E-state index in [1.807, 2.05) is 101 Å². The number of likely N-dealkylation sites (tertiary alicyclic amines) is 1. The number of carbonyl (C=O) groups excluding carboxylic acids is 2. The third-order valence-corrected chi connectivity index (χ3v) is 9.53. The van der Waals surface area contributed by atoms with Crippen molar-refractivity contribution in [3.8, 4) is 0 Å². The third-order valence-electron chi connectivity index (χ3n) is 6.43. The van der Waals surface area contributed by atoms with Crippen LogP contribution in [-0.4, -0.2) is 28.2 Å². The maximum absolute atomic E-state index is 13.6. The van der Waals surface area contributed by atoms with E-state index in [0.29, 0.717) is 24.0 Å². The van der Waals surface area contributed by atoms with Crippen LogP contribution >= 0.6 is 23.5 Å². The van der Waals surface area contributed by atoms with Crippen molar-refractivity contribution in [1.82, 2.24) is 4.90 Å². The molecular formula is C28H28N2O2S2. The van der Waals surface area contributed by atoms with Gasteiger partial charge in [-0.3, -0.25) is 9.59 Å². The topological polar surface area (TPSA) is 49.4 Å². The first kappa shape index (κ1) is 23.1. The van der Waals surface area contributed by atoms with E-state index in [0.717, 1.165) is 28.3 Å².